The molecular formula is C26H27N5O5S. The molecule has 1 aromatic heterocycles. The molecule has 192 valence electrons. The lowest BCUT2D eigenvalue weighted by Crippen LogP contribution is -2.36. The molecule has 0 spiro atoms. The van der Waals surface area contributed by atoms with Crippen molar-refractivity contribution in [2.24, 2.45) is 12.8 Å². The number of hydrogen-bond donors (Lipinski definition) is 3. The number of sulfonamides is 1. The highest BCUT2D eigenvalue weighted by molar-refractivity contribution is 7.92. The summed E-state index contributed by atoms with van der Waals surface area (Å²) in [5.74, 6) is -0.420. The average molecular weight is 522 g/mol. The lowest BCUT2D eigenvalue weighted by molar-refractivity contribution is -0.141. The lowest BCUT2D eigenvalue weighted by atomic mass is 10.1. The van der Waals surface area contributed by atoms with Crippen LogP contribution in [0.5, 0.6) is 0 Å². The van der Waals surface area contributed by atoms with Crippen LogP contribution in [0.3, 0.4) is 0 Å². The molecule has 1 unspecified atom stereocenters. The summed E-state index contributed by atoms with van der Waals surface area (Å²) in [7, 11) is -2.38. The van der Waals surface area contributed by atoms with Crippen LogP contribution in [0, 0.1) is 5.41 Å². The summed E-state index contributed by atoms with van der Waals surface area (Å²) in [5.41, 5.74) is 7.94. The highest BCUT2D eigenvalue weighted by atomic mass is 32.2. The van der Waals surface area contributed by atoms with E-state index in [9.17, 15) is 18.3 Å². The molecule has 0 saturated carbocycles. The molecule has 0 saturated heterocycles. The van der Waals surface area contributed by atoms with Crippen molar-refractivity contribution in [3.05, 3.63) is 89.7 Å². The van der Waals surface area contributed by atoms with Crippen molar-refractivity contribution in [2.75, 3.05) is 17.5 Å². The minimum absolute atomic E-state index is 0.0366. The van der Waals surface area contributed by atoms with Crippen LogP contribution in [0.15, 0.2) is 77.7 Å². The van der Waals surface area contributed by atoms with Crippen LogP contribution in [0.25, 0.3) is 11.0 Å². The molecule has 0 radical (unpaired) electrons. The Labute approximate surface area is 214 Å². The Hall–Kier alpha value is -4.22. The van der Waals surface area contributed by atoms with E-state index >= 15 is 0 Å². The molecule has 1 heterocycles. The quantitative estimate of drug-likeness (QED) is 0.174. The number of nitrogen functional groups attached to an aromatic ring is 1. The summed E-state index contributed by atoms with van der Waals surface area (Å²) >= 11 is 0. The van der Waals surface area contributed by atoms with Gasteiger partial charge in [0.2, 0.25) is 0 Å². The number of aliphatic hydroxyl groups excluding tert-OH is 1. The number of aliphatic hydroxyl groups is 1. The molecule has 0 aliphatic rings. The predicted molar refractivity (Wildman–Crippen MR) is 140 cm³/mol. The van der Waals surface area contributed by atoms with Gasteiger partial charge in [0.15, 0.2) is 0 Å². The zero-order valence-corrected chi connectivity index (χ0v) is 21.1. The van der Waals surface area contributed by atoms with Gasteiger partial charge in [-0.2, -0.15) is 0 Å². The highest BCUT2D eigenvalue weighted by Crippen LogP contribution is 2.30. The zero-order chi connectivity index (χ0) is 26.7. The van der Waals surface area contributed by atoms with Crippen molar-refractivity contribution in [2.45, 2.75) is 17.9 Å². The minimum atomic E-state index is -4.09. The third kappa shape index (κ3) is 5.18. The number of anilines is 1. The normalized spacial score (nSPS) is 12.3. The molecule has 11 heteroatoms. The third-order valence-electron chi connectivity index (χ3n) is 5.88. The third-order valence-corrected chi connectivity index (χ3v) is 7.67. The fourth-order valence-electron chi connectivity index (χ4n) is 3.95. The Morgan fingerprint density at radius 2 is 1.81 bits per heavy atom. The number of rotatable bonds is 9. The summed E-state index contributed by atoms with van der Waals surface area (Å²) in [6, 6.07) is 19.3. The first kappa shape index (κ1) is 25.9. The van der Waals surface area contributed by atoms with Gasteiger partial charge in [0.1, 0.15) is 24.3 Å². The van der Waals surface area contributed by atoms with E-state index in [0.717, 1.165) is 4.31 Å². The van der Waals surface area contributed by atoms with Crippen LogP contribution in [0.2, 0.25) is 0 Å². The Morgan fingerprint density at radius 1 is 1.14 bits per heavy atom. The molecule has 4 rings (SSSR count). The number of fused-ring (bicyclic) bond motifs is 1. The van der Waals surface area contributed by atoms with Gasteiger partial charge in [0.05, 0.1) is 28.2 Å². The smallest absolute Gasteiger partial charge is 0.326 e. The van der Waals surface area contributed by atoms with E-state index < -0.39 is 28.6 Å². The number of carbonyl (C=O) groups is 1. The standard InChI is InChI=1S/C26H27N5O5S/c1-3-36-23(32)16-31(37(34,35)20-7-5-4-6-8-20)19-13-14-21-22(15-19)30(2)26(29-21)24(33)17-9-11-18(12-10-17)25(27)28/h4-15,24,33H,3,16H2,1-2H3,(H3,27,28). The molecule has 10 nitrogen and oxygen atoms in total. The molecule has 4 N–H and O–H groups in total. The van der Waals surface area contributed by atoms with Crippen molar-refractivity contribution >= 4 is 38.5 Å². The number of benzene rings is 3. The van der Waals surface area contributed by atoms with Crippen molar-refractivity contribution in [1.82, 2.24) is 9.55 Å². The van der Waals surface area contributed by atoms with E-state index in [2.05, 4.69) is 4.98 Å². The van der Waals surface area contributed by atoms with E-state index in [1.165, 1.54) is 12.1 Å². The van der Waals surface area contributed by atoms with Crippen LogP contribution in [0.1, 0.15) is 30.0 Å². The van der Waals surface area contributed by atoms with Gasteiger partial charge in [0, 0.05) is 12.6 Å². The number of nitrogens with two attached hydrogens (primary N) is 1. The predicted octanol–water partition coefficient (Wildman–Crippen LogP) is 2.70. The first-order valence-electron chi connectivity index (χ1n) is 11.5. The second-order valence-electron chi connectivity index (χ2n) is 8.27. The lowest BCUT2D eigenvalue weighted by Gasteiger charge is -2.23. The van der Waals surface area contributed by atoms with Gasteiger partial charge < -0.3 is 20.1 Å². The first-order valence-corrected chi connectivity index (χ1v) is 12.9. The molecule has 0 aliphatic carbocycles. The minimum Gasteiger partial charge on any atom is -0.465 e. The topological polar surface area (TPSA) is 152 Å². The van der Waals surface area contributed by atoms with E-state index in [0.29, 0.717) is 28.0 Å². The largest absolute Gasteiger partial charge is 0.465 e. The van der Waals surface area contributed by atoms with Gasteiger partial charge in [-0.25, -0.2) is 13.4 Å². The van der Waals surface area contributed by atoms with Crippen LogP contribution in [-0.4, -0.2) is 48.0 Å². The van der Waals surface area contributed by atoms with Crippen LogP contribution >= 0.6 is 0 Å². The Kier molecular flexibility index (Phi) is 7.28. The maximum Gasteiger partial charge on any atom is 0.326 e. The number of aryl methyl sites for hydroxylation is 1. The number of hydrogen-bond acceptors (Lipinski definition) is 7. The molecule has 3 aromatic carbocycles. The number of aromatic nitrogens is 2. The maximum absolute atomic E-state index is 13.5. The summed E-state index contributed by atoms with van der Waals surface area (Å²) < 4.78 is 34.7. The van der Waals surface area contributed by atoms with E-state index in [-0.39, 0.29) is 23.0 Å². The number of ether oxygens (including phenoxy) is 1. The number of nitrogens with zero attached hydrogens (tertiary/aromatic N) is 3. The van der Waals surface area contributed by atoms with E-state index in [4.69, 9.17) is 15.9 Å². The van der Waals surface area contributed by atoms with Crippen molar-refractivity contribution < 1.29 is 23.1 Å². The van der Waals surface area contributed by atoms with Crippen molar-refractivity contribution in [3.8, 4) is 0 Å². The number of nitrogens with one attached hydrogen (secondary N) is 1. The number of amidine groups is 1. The van der Waals surface area contributed by atoms with Gasteiger partial charge in [-0.3, -0.25) is 14.5 Å². The first-order chi connectivity index (χ1) is 17.6. The molecule has 0 aliphatic heterocycles. The molecular weight excluding hydrogens is 494 g/mol. The van der Waals surface area contributed by atoms with Crippen LogP contribution < -0.4 is 10.0 Å². The second kappa shape index (κ2) is 10.4. The zero-order valence-electron chi connectivity index (χ0n) is 20.3. The van der Waals surface area contributed by atoms with E-state index in [1.807, 2.05) is 0 Å². The average Bonchev–Trinajstić information content (AvgIpc) is 3.23. The summed E-state index contributed by atoms with van der Waals surface area (Å²) in [5, 5.41) is 18.5. The molecule has 1 atom stereocenters. The second-order valence-corrected chi connectivity index (χ2v) is 10.1. The van der Waals surface area contributed by atoms with Crippen LogP contribution in [-0.2, 0) is 26.6 Å². The fourth-order valence-corrected chi connectivity index (χ4v) is 5.37. The summed E-state index contributed by atoms with van der Waals surface area (Å²) in [6.45, 7) is 1.26. The Bertz CT molecular complexity index is 1550. The summed E-state index contributed by atoms with van der Waals surface area (Å²) in [6.07, 6.45) is -1.08. The molecule has 4 aromatic rings. The maximum atomic E-state index is 13.5. The number of carbonyl (C=O) groups excluding carboxylic acids is 1. The van der Waals surface area contributed by atoms with Gasteiger partial charge in [-0.05, 0) is 42.8 Å². The Morgan fingerprint density at radius 3 is 2.43 bits per heavy atom. The van der Waals surface area contributed by atoms with Gasteiger partial charge in [0.25, 0.3) is 10.0 Å². The van der Waals surface area contributed by atoms with Gasteiger partial charge >= 0.3 is 5.97 Å². The molecule has 0 amide bonds. The SMILES string of the molecule is CCOC(=O)CN(c1ccc2nc(C(O)c3ccc(C(=N)N)cc3)n(C)c2c1)S(=O)(=O)c1ccccc1. The molecule has 0 bridgehead atoms. The van der Waals surface area contributed by atoms with E-state index in [1.54, 1.807) is 79.2 Å². The summed E-state index contributed by atoms with van der Waals surface area (Å²) in [4.78, 5) is 16.9. The van der Waals surface area contributed by atoms with Gasteiger partial charge in [-0.15, -0.1) is 0 Å². The van der Waals surface area contributed by atoms with Gasteiger partial charge in [-0.1, -0.05) is 42.5 Å². The van der Waals surface area contributed by atoms with Crippen molar-refractivity contribution in [1.29, 1.82) is 5.41 Å². The van der Waals surface area contributed by atoms with Crippen molar-refractivity contribution in [3.63, 3.8) is 0 Å². The monoisotopic (exact) mass is 521 g/mol. The molecule has 37 heavy (non-hydrogen) atoms. The molecule has 0 fully saturated rings. The number of esters is 1. The fraction of sp³-hybridized carbons (Fsp3) is 0.192. The highest BCUT2D eigenvalue weighted by Gasteiger charge is 2.28. The number of imidazole rings is 1. The Balaban J connectivity index is 1.76. The van der Waals surface area contributed by atoms with Crippen LogP contribution in [0.4, 0.5) is 5.69 Å².